The lowest BCUT2D eigenvalue weighted by molar-refractivity contribution is 0.0740. The number of rotatable bonds is 1. The van der Waals surface area contributed by atoms with E-state index in [2.05, 4.69) is 11.9 Å². The second-order valence-electron chi connectivity index (χ2n) is 5.86. The van der Waals surface area contributed by atoms with Gasteiger partial charge in [-0.2, -0.15) is 0 Å². The Morgan fingerprint density at radius 2 is 2.00 bits per heavy atom. The van der Waals surface area contributed by atoms with Gasteiger partial charge in [-0.1, -0.05) is 0 Å². The van der Waals surface area contributed by atoms with E-state index < -0.39 is 5.82 Å². The normalized spacial score (nSPS) is 26.6. The summed E-state index contributed by atoms with van der Waals surface area (Å²) in [5, 5.41) is 0. The maximum atomic E-state index is 13.4. The Labute approximate surface area is 118 Å². The van der Waals surface area contributed by atoms with Crippen molar-refractivity contribution in [3.63, 3.8) is 0 Å². The molecule has 0 spiro atoms. The number of amides is 1. The fourth-order valence-electron chi connectivity index (χ4n) is 3.41. The maximum absolute atomic E-state index is 13.4. The van der Waals surface area contributed by atoms with Gasteiger partial charge in [0.25, 0.3) is 5.91 Å². The average Bonchev–Trinajstić information content (AvgIpc) is 2.61. The van der Waals surface area contributed by atoms with Crippen LogP contribution in [0.15, 0.2) is 18.2 Å². The van der Waals surface area contributed by atoms with Crippen molar-refractivity contribution in [1.82, 2.24) is 9.80 Å². The second kappa shape index (κ2) is 5.05. The minimum atomic E-state index is -0.457. The SMILES string of the molecule is CN1C2CCC1CN(C(=O)c1cc(N)cc(F)c1)CC2. The van der Waals surface area contributed by atoms with Gasteiger partial charge in [-0.3, -0.25) is 9.69 Å². The molecule has 0 saturated carbocycles. The van der Waals surface area contributed by atoms with E-state index >= 15 is 0 Å². The second-order valence-corrected chi connectivity index (χ2v) is 5.86. The molecule has 108 valence electrons. The molecule has 2 fully saturated rings. The molecule has 0 radical (unpaired) electrons. The Morgan fingerprint density at radius 3 is 2.75 bits per heavy atom. The molecule has 0 aliphatic carbocycles. The molecule has 4 nitrogen and oxygen atoms in total. The van der Waals surface area contributed by atoms with Crippen LogP contribution >= 0.6 is 0 Å². The summed E-state index contributed by atoms with van der Waals surface area (Å²) in [5.41, 5.74) is 6.26. The average molecular weight is 277 g/mol. The third-order valence-electron chi connectivity index (χ3n) is 4.60. The molecule has 2 bridgehead atoms. The highest BCUT2D eigenvalue weighted by Gasteiger charge is 2.36. The molecule has 2 aliphatic rings. The van der Waals surface area contributed by atoms with Crippen LogP contribution in [-0.4, -0.2) is 47.9 Å². The lowest BCUT2D eigenvalue weighted by Gasteiger charge is -2.26. The summed E-state index contributed by atoms with van der Waals surface area (Å²) in [5.74, 6) is -0.570. The van der Waals surface area contributed by atoms with E-state index in [0.717, 1.165) is 25.9 Å². The molecule has 1 aromatic carbocycles. The van der Waals surface area contributed by atoms with Crippen LogP contribution in [0.4, 0.5) is 10.1 Å². The van der Waals surface area contributed by atoms with Crippen LogP contribution in [0.3, 0.4) is 0 Å². The summed E-state index contributed by atoms with van der Waals surface area (Å²) in [6, 6.07) is 5.06. The molecule has 2 heterocycles. The van der Waals surface area contributed by atoms with Gasteiger partial charge in [0.15, 0.2) is 0 Å². The quantitative estimate of drug-likeness (QED) is 0.795. The summed E-state index contributed by atoms with van der Waals surface area (Å²) >= 11 is 0. The van der Waals surface area contributed by atoms with Crippen molar-refractivity contribution in [3.8, 4) is 0 Å². The fraction of sp³-hybridized carbons (Fsp3) is 0.533. The van der Waals surface area contributed by atoms with Crippen molar-refractivity contribution in [2.75, 3.05) is 25.9 Å². The third kappa shape index (κ3) is 2.38. The number of nitrogens with two attached hydrogens (primary N) is 1. The molecular formula is C15H20FN3O. The Bertz CT molecular complexity index is 514. The number of hydrogen-bond donors (Lipinski definition) is 1. The number of likely N-dealkylation sites (tertiary alicyclic amines) is 1. The molecule has 2 unspecified atom stereocenters. The van der Waals surface area contributed by atoms with Gasteiger partial charge < -0.3 is 10.6 Å². The van der Waals surface area contributed by atoms with Crippen LogP contribution in [0.25, 0.3) is 0 Å². The van der Waals surface area contributed by atoms with Crippen molar-refractivity contribution in [2.45, 2.75) is 31.3 Å². The highest BCUT2D eigenvalue weighted by Crippen LogP contribution is 2.29. The summed E-state index contributed by atoms with van der Waals surface area (Å²) in [7, 11) is 2.14. The predicted octanol–water partition coefficient (Wildman–Crippen LogP) is 1.72. The van der Waals surface area contributed by atoms with Gasteiger partial charge in [0, 0.05) is 36.4 Å². The van der Waals surface area contributed by atoms with E-state index in [9.17, 15) is 9.18 Å². The van der Waals surface area contributed by atoms with Crippen LogP contribution in [0.5, 0.6) is 0 Å². The Kier molecular flexibility index (Phi) is 3.38. The van der Waals surface area contributed by atoms with Gasteiger partial charge in [-0.15, -0.1) is 0 Å². The first-order chi connectivity index (χ1) is 9.54. The van der Waals surface area contributed by atoms with Crippen LogP contribution in [-0.2, 0) is 0 Å². The van der Waals surface area contributed by atoms with Gasteiger partial charge in [0.1, 0.15) is 5.82 Å². The zero-order chi connectivity index (χ0) is 14.3. The zero-order valence-corrected chi connectivity index (χ0v) is 11.7. The number of anilines is 1. The maximum Gasteiger partial charge on any atom is 0.254 e. The number of halogens is 1. The first-order valence-corrected chi connectivity index (χ1v) is 7.12. The lowest BCUT2D eigenvalue weighted by Crippen LogP contribution is -2.39. The first kappa shape index (κ1) is 13.4. The number of nitrogen functional groups attached to an aromatic ring is 1. The van der Waals surface area contributed by atoms with Gasteiger partial charge in [-0.05, 0) is 44.5 Å². The van der Waals surface area contributed by atoms with Gasteiger partial charge in [0.2, 0.25) is 0 Å². The van der Waals surface area contributed by atoms with Crippen molar-refractivity contribution in [2.24, 2.45) is 0 Å². The number of likely N-dealkylation sites (N-methyl/N-ethyl adjacent to an activating group) is 1. The van der Waals surface area contributed by atoms with Gasteiger partial charge in [-0.25, -0.2) is 4.39 Å². The van der Waals surface area contributed by atoms with E-state index in [4.69, 9.17) is 5.73 Å². The van der Waals surface area contributed by atoms with Crippen LogP contribution in [0, 0.1) is 5.82 Å². The molecule has 1 aromatic rings. The van der Waals surface area contributed by atoms with E-state index in [1.54, 1.807) is 6.07 Å². The number of hydrogen-bond acceptors (Lipinski definition) is 3. The van der Waals surface area contributed by atoms with E-state index in [-0.39, 0.29) is 5.91 Å². The molecule has 1 amide bonds. The first-order valence-electron chi connectivity index (χ1n) is 7.12. The van der Waals surface area contributed by atoms with Crippen molar-refractivity contribution < 1.29 is 9.18 Å². The summed E-state index contributed by atoms with van der Waals surface area (Å²) < 4.78 is 13.4. The minimum Gasteiger partial charge on any atom is -0.399 e. The zero-order valence-electron chi connectivity index (χ0n) is 11.7. The molecule has 3 rings (SSSR count). The number of carbonyl (C=O) groups is 1. The molecule has 2 aliphatic heterocycles. The number of nitrogens with zero attached hydrogens (tertiary/aromatic N) is 2. The minimum absolute atomic E-state index is 0.114. The van der Waals surface area contributed by atoms with Gasteiger partial charge >= 0.3 is 0 Å². The van der Waals surface area contributed by atoms with Crippen LogP contribution in [0.2, 0.25) is 0 Å². The Balaban J connectivity index is 1.80. The molecular weight excluding hydrogens is 257 g/mol. The highest BCUT2D eigenvalue weighted by atomic mass is 19.1. The topological polar surface area (TPSA) is 49.6 Å². The lowest BCUT2D eigenvalue weighted by atomic mass is 10.1. The van der Waals surface area contributed by atoms with E-state index in [0.29, 0.717) is 23.3 Å². The smallest absolute Gasteiger partial charge is 0.254 e. The third-order valence-corrected chi connectivity index (χ3v) is 4.60. The van der Waals surface area contributed by atoms with E-state index in [1.165, 1.54) is 18.6 Å². The fourth-order valence-corrected chi connectivity index (χ4v) is 3.41. The van der Waals surface area contributed by atoms with Gasteiger partial charge in [0.05, 0.1) is 0 Å². The predicted molar refractivity (Wildman–Crippen MR) is 75.9 cm³/mol. The Morgan fingerprint density at radius 1 is 1.25 bits per heavy atom. The summed E-state index contributed by atoms with van der Waals surface area (Å²) in [6.45, 7) is 1.46. The van der Waals surface area contributed by atoms with Crippen molar-refractivity contribution >= 4 is 11.6 Å². The molecule has 20 heavy (non-hydrogen) atoms. The van der Waals surface area contributed by atoms with E-state index in [1.807, 2.05) is 4.90 Å². The molecule has 5 heteroatoms. The van der Waals surface area contributed by atoms with Crippen LogP contribution in [0.1, 0.15) is 29.6 Å². The standard InChI is InChI=1S/C15H20FN3O/c1-18-13-2-3-14(18)9-19(5-4-13)15(20)10-6-11(16)8-12(17)7-10/h6-8,13-14H,2-5,9,17H2,1H3. The number of carbonyl (C=O) groups excluding carboxylic acids is 1. The molecule has 0 aromatic heterocycles. The molecule has 2 N–H and O–H groups in total. The molecule has 2 saturated heterocycles. The Hall–Kier alpha value is -1.62. The van der Waals surface area contributed by atoms with Crippen molar-refractivity contribution in [1.29, 1.82) is 0 Å². The largest absolute Gasteiger partial charge is 0.399 e. The monoisotopic (exact) mass is 277 g/mol. The van der Waals surface area contributed by atoms with Crippen LogP contribution < -0.4 is 5.73 Å². The summed E-state index contributed by atoms with van der Waals surface area (Å²) in [6.07, 6.45) is 3.34. The molecule has 2 atom stereocenters. The number of fused-ring (bicyclic) bond motifs is 2. The highest BCUT2D eigenvalue weighted by molar-refractivity contribution is 5.95. The van der Waals surface area contributed by atoms with Crippen molar-refractivity contribution in [3.05, 3.63) is 29.6 Å². The number of benzene rings is 1. The summed E-state index contributed by atoms with van der Waals surface area (Å²) in [4.78, 5) is 16.7.